The van der Waals surface area contributed by atoms with Crippen LogP contribution in [-0.2, 0) is 4.79 Å². The number of allylic oxidation sites excluding steroid dienone is 4. The number of carbonyl (C=O) groups excluding carboxylic acids is 1. The molecule has 0 atom stereocenters. The van der Waals surface area contributed by atoms with E-state index in [9.17, 15) is 4.79 Å². The van der Waals surface area contributed by atoms with Crippen LogP contribution in [0.5, 0.6) is 0 Å². The van der Waals surface area contributed by atoms with Gasteiger partial charge in [0, 0.05) is 5.57 Å². The molecule has 0 aromatic rings. The van der Waals surface area contributed by atoms with Gasteiger partial charge in [-0.2, -0.15) is 0 Å². The minimum atomic E-state index is 0.00183. The second-order valence-corrected chi connectivity index (χ2v) is 3.87. The molecule has 0 aromatic carbocycles. The highest BCUT2D eigenvalue weighted by Gasteiger charge is 2.22. The monoisotopic (exact) mass is 150 g/mol. The number of carbonyl (C=O) groups is 1. The zero-order chi connectivity index (χ0) is 8.48. The molecule has 0 fully saturated rings. The van der Waals surface area contributed by atoms with Gasteiger partial charge in [0.05, 0.1) is 0 Å². The summed E-state index contributed by atoms with van der Waals surface area (Å²) in [4.78, 5) is 11.3. The standard InChI is InChI=1S/C10H14O/c1-10(2,3)8-6-4-5-7-9(8)11/h5-7H,4H2,1-3H3. The van der Waals surface area contributed by atoms with E-state index >= 15 is 0 Å². The Labute approximate surface area is 67.8 Å². The van der Waals surface area contributed by atoms with Gasteiger partial charge < -0.3 is 0 Å². The van der Waals surface area contributed by atoms with Gasteiger partial charge >= 0.3 is 0 Å². The van der Waals surface area contributed by atoms with Crippen molar-refractivity contribution >= 4 is 5.78 Å². The number of rotatable bonds is 0. The quantitative estimate of drug-likeness (QED) is 0.518. The minimum absolute atomic E-state index is 0.00183. The molecule has 0 saturated heterocycles. The lowest BCUT2D eigenvalue weighted by Crippen LogP contribution is -2.17. The van der Waals surface area contributed by atoms with E-state index in [1.807, 2.05) is 12.2 Å². The summed E-state index contributed by atoms with van der Waals surface area (Å²) in [5.74, 6) is 0.170. The van der Waals surface area contributed by atoms with Gasteiger partial charge in [-0.05, 0) is 17.9 Å². The summed E-state index contributed by atoms with van der Waals surface area (Å²) in [6.07, 6.45) is 6.48. The van der Waals surface area contributed by atoms with Crippen molar-refractivity contribution in [2.75, 3.05) is 0 Å². The Hall–Kier alpha value is -0.850. The summed E-state index contributed by atoms with van der Waals surface area (Å²) >= 11 is 0. The van der Waals surface area contributed by atoms with E-state index in [1.165, 1.54) is 0 Å². The minimum Gasteiger partial charge on any atom is -0.290 e. The molecule has 0 spiro atoms. The molecular formula is C10H14O. The fourth-order valence-electron chi connectivity index (χ4n) is 1.23. The Bertz CT molecular complexity index is 226. The third-order valence-electron chi connectivity index (χ3n) is 1.80. The first-order valence-electron chi connectivity index (χ1n) is 3.93. The second kappa shape index (κ2) is 2.65. The van der Waals surface area contributed by atoms with E-state index in [1.54, 1.807) is 6.08 Å². The first-order valence-corrected chi connectivity index (χ1v) is 3.93. The fourth-order valence-corrected chi connectivity index (χ4v) is 1.23. The first kappa shape index (κ1) is 8.25. The highest BCUT2D eigenvalue weighted by Crippen LogP contribution is 2.28. The lowest BCUT2D eigenvalue weighted by atomic mass is 9.81. The largest absolute Gasteiger partial charge is 0.290 e. The molecule has 1 nitrogen and oxygen atoms in total. The van der Waals surface area contributed by atoms with Crippen molar-refractivity contribution in [3.05, 3.63) is 23.8 Å². The zero-order valence-corrected chi connectivity index (χ0v) is 7.35. The summed E-state index contributed by atoms with van der Waals surface area (Å²) in [6.45, 7) is 6.20. The van der Waals surface area contributed by atoms with Crippen LogP contribution < -0.4 is 0 Å². The van der Waals surface area contributed by atoms with Gasteiger partial charge in [-0.15, -0.1) is 0 Å². The Morgan fingerprint density at radius 1 is 1.36 bits per heavy atom. The fraction of sp³-hybridized carbons (Fsp3) is 0.500. The van der Waals surface area contributed by atoms with E-state index in [0.29, 0.717) is 0 Å². The van der Waals surface area contributed by atoms with Crippen LogP contribution in [0.25, 0.3) is 0 Å². The Morgan fingerprint density at radius 2 is 2.00 bits per heavy atom. The summed E-state index contributed by atoms with van der Waals surface area (Å²) in [6, 6.07) is 0. The summed E-state index contributed by atoms with van der Waals surface area (Å²) in [5, 5.41) is 0. The predicted molar refractivity (Wildman–Crippen MR) is 46.3 cm³/mol. The maximum Gasteiger partial charge on any atom is 0.181 e. The molecule has 0 radical (unpaired) electrons. The van der Waals surface area contributed by atoms with E-state index in [2.05, 4.69) is 20.8 Å². The van der Waals surface area contributed by atoms with Crippen LogP contribution in [0, 0.1) is 5.41 Å². The molecule has 60 valence electrons. The Balaban J connectivity index is 2.89. The molecule has 0 unspecified atom stereocenters. The average Bonchev–Trinajstić information content (AvgIpc) is 1.86. The molecule has 1 heteroatoms. The second-order valence-electron chi connectivity index (χ2n) is 3.87. The van der Waals surface area contributed by atoms with Crippen LogP contribution in [-0.4, -0.2) is 5.78 Å². The molecule has 0 aliphatic heterocycles. The molecule has 11 heavy (non-hydrogen) atoms. The first-order chi connectivity index (χ1) is 5.02. The maximum absolute atomic E-state index is 11.3. The predicted octanol–water partition coefficient (Wildman–Crippen LogP) is 2.49. The summed E-state index contributed by atoms with van der Waals surface area (Å²) in [7, 11) is 0. The molecule has 1 aliphatic carbocycles. The van der Waals surface area contributed by atoms with Gasteiger partial charge in [-0.25, -0.2) is 0 Å². The maximum atomic E-state index is 11.3. The summed E-state index contributed by atoms with van der Waals surface area (Å²) in [5.41, 5.74) is 0.946. The van der Waals surface area contributed by atoms with Gasteiger partial charge in [0.15, 0.2) is 5.78 Å². The van der Waals surface area contributed by atoms with Gasteiger partial charge in [0.25, 0.3) is 0 Å². The van der Waals surface area contributed by atoms with Gasteiger partial charge in [0.2, 0.25) is 0 Å². The van der Waals surface area contributed by atoms with Crippen molar-refractivity contribution in [1.29, 1.82) is 0 Å². The third kappa shape index (κ3) is 1.79. The normalized spacial score (nSPS) is 18.5. The molecule has 1 aliphatic rings. The topological polar surface area (TPSA) is 17.1 Å². The van der Waals surface area contributed by atoms with E-state index in [-0.39, 0.29) is 11.2 Å². The molecule has 0 N–H and O–H groups in total. The average molecular weight is 150 g/mol. The van der Waals surface area contributed by atoms with Crippen molar-refractivity contribution < 1.29 is 4.79 Å². The smallest absolute Gasteiger partial charge is 0.181 e. The van der Waals surface area contributed by atoms with Crippen LogP contribution >= 0.6 is 0 Å². The Kier molecular flexibility index (Phi) is 1.99. The van der Waals surface area contributed by atoms with Crippen molar-refractivity contribution in [3.63, 3.8) is 0 Å². The molecule has 0 saturated carbocycles. The zero-order valence-electron chi connectivity index (χ0n) is 7.35. The van der Waals surface area contributed by atoms with E-state index in [0.717, 1.165) is 12.0 Å². The molecule has 0 amide bonds. The van der Waals surface area contributed by atoms with Crippen molar-refractivity contribution in [3.8, 4) is 0 Å². The van der Waals surface area contributed by atoms with E-state index in [4.69, 9.17) is 0 Å². The van der Waals surface area contributed by atoms with Crippen LogP contribution in [0.2, 0.25) is 0 Å². The molecule has 0 heterocycles. The molecule has 0 bridgehead atoms. The Morgan fingerprint density at radius 3 is 2.36 bits per heavy atom. The van der Waals surface area contributed by atoms with Gasteiger partial charge in [-0.3, -0.25) is 4.79 Å². The van der Waals surface area contributed by atoms with Crippen molar-refractivity contribution in [2.45, 2.75) is 27.2 Å². The van der Waals surface area contributed by atoms with Gasteiger partial charge in [0.1, 0.15) is 0 Å². The van der Waals surface area contributed by atoms with Crippen LogP contribution in [0.15, 0.2) is 23.8 Å². The van der Waals surface area contributed by atoms with Crippen LogP contribution in [0.1, 0.15) is 27.2 Å². The lowest BCUT2D eigenvalue weighted by molar-refractivity contribution is -0.112. The lowest BCUT2D eigenvalue weighted by Gasteiger charge is -2.22. The summed E-state index contributed by atoms with van der Waals surface area (Å²) < 4.78 is 0. The van der Waals surface area contributed by atoms with Crippen LogP contribution in [0.4, 0.5) is 0 Å². The molecular weight excluding hydrogens is 136 g/mol. The number of hydrogen-bond acceptors (Lipinski definition) is 1. The molecule has 0 aromatic heterocycles. The highest BCUT2D eigenvalue weighted by atomic mass is 16.1. The number of hydrogen-bond donors (Lipinski definition) is 0. The van der Waals surface area contributed by atoms with Crippen molar-refractivity contribution in [2.24, 2.45) is 5.41 Å². The van der Waals surface area contributed by atoms with Crippen molar-refractivity contribution in [1.82, 2.24) is 0 Å². The SMILES string of the molecule is CC(C)(C)C1=CCC=CC1=O. The molecule has 1 rings (SSSR count). The van der Waals surface area contributed by atoms with E-state index < -0.39 is 0 Å². The highest BCUT2D eigenvalue weighted by molar-refractivity contribution is 6.05. The number of ketones is 1. The van der Waals surface area contributed by atoms with Gasteiger partial charge in [-0.1, -0.05) is 32.9 Å². The van der Waals surface area contributed by atoms with Crippen LogP contribution in [0.3, 0.4) is 0 Å². The third-order valence-corrected chi connectivity index (χ3v) is 1.80.